The van der Waals surface area contributed by atoms with E-state index >= 15 is 0 Å². The van der Waals surface area contributed by atoms with Crippen molar-refractivity contribution >= 4 is 33.2 Å². The minimum atomic E-state index is -0.533. The van der Waals surface area contributed by atoms with Crippen LogP contribution in [0.1, 0.15) is 13.8 Å². The molecule has 1 rings (SSSR count). The standard InChI is InChI=1S/C13H19BrClNO2/c1-9(2)7-18-8-11(17)6-16-13-5-10(15)3-4-12(13)14/h3-5,9,11,16-17H,6-8H2,1-2H3. The molecule has 1 aromatic carbocycles. The van der Waals surface area contributed by atoms with Gasteiger partial charge < -0.3 is 15.2 Å². The SMILES string of the molecule is CC(C)COCC(O)CNc1cc(Cl)ccc1Br. The van der Waals surface area contributed by atoms with Crippen LogP contribution in [0.2, 0.25) is 5.02 Å². The first-order valence-electron chi connectivity index (χ1n) is 5.93. The Morgan fingerprint density at radius 3 is 2.78 bits per heavy atom. The third kappa shape index (κ3) is 6.05. The highest BCUT2D eigenvalue weighted by atomic mass is 79.9. The molecule has 5 heteroatoms. The van der Waals surface area contributed by atoms with E-state index in [1.54, 1.807) is 6.07 Å². The molecule has 0 radical (unpaired) electrons. The Bertz CT molecular complexity index is 374. The number of rotatable bonds is 7. The molecule has 0 aliphatic heterocycles. The fourth-order valence-electron chi connectivity index (χ4n) is 1.36. The monoisotopic (exact) mass is 335 g/mol. The molecule has 0 saturated carbocycles. The second kappa shape index (κ2) is 8.00. The molecule has 0 aliphatic carbocycles. The smallest absolute Gasteiger partial charge is 0.0945 e. The van der Waals surface area contributed by atoms with Gasteiger partial charge in [-0.05, 0) is 40.0 Å². The lowest BCUT2D eigenvalue weighted by atomic mass is 10.2. The normalized spacial score (nSPS) is 12.8. The largest absolute Gasteiger partial charge is 0.389 e. The predicted octanol–water partition coefficient (Wildman–Crippen LogP) is 3.55. The Balaban J connectivity index is 2.33. The first kappa shape index (κ1) is 15.8. The van der Waals surface area contributed by atoms with Crippen molar-refractivity contribution in [2.45, 2.75) is 20.0 Å². The van der Waals surface area contributed by atoms with Gasteiger partial charge in [0.25, 0.3) is 0 Å². The number of aliphatic hydroxyl groups is 1. The van der Waals surface area contributed by atoms with Crippen LogP contribution in [-0.2, 0) is 4.74 Å². The first-order chi connectivity index (χ1) is 8.49. The van der Waals surface area contributed by atoms with Crippen molar-refractivity contribution in [2.24, 2.45) is 5.92 Å². The Morgan fingerprint density at radius 1 is 1.39 bits per heavy atom. The molecule has 0 fully saturated rings. The summed E-state index contributed by atoms with van der Waals surface area (Å²) in [6.07, 6.45) is -0.533. The van der Waals surface area contributed by atoms with Gasteiger partial charge in [-0.15, -0.1) is 0 Å². The predicted molar refractivity (Wildman–Crippen MR) is 79.3 cm³/mol. The Labute approximate surface area is 122 Å². The van der Waals surface area contributed by atoms with E-state index in [0.29, 0.717) is 30.7 Å². The van der Waals surface area contributed by atoms with Gasteiger partial charge in [0.2, 0.25) is 0 Å². The van der Waals surface area contributed by atoms with Gasteiger partial charge in [0.15, 0.2) is 0 Å². The summed E-state index contributed by atoms with van der Waals surface area (Å²) in [5.74, 6) is 0.479. The molecule has 1 unspecified atom stereocenters. The summed E-state index contributed by atoms with van der Waals surface area (Å²) >= 11 is 9.32. The Morgan fingerprint density at radius 2 is 2.11 bits per heavy atom. The Hall–Kier alpha value is -0.290. The molecule has 0 spiro atoms. The van der Waals surface area contributed by atoms with E-state index in [-0.39, 0.29) is 0 Å². The van der Waals surface area contributed by atoms with Gasteiger partial charge in [0.05, 0.1) is 12.7 Å². The summed E-state index contributed by atoms with van der Waals surface area (Å²) in [4.78, 5) is 0. The van der Waals surface area contributed by atoms with Crippen molar-refractivity contribution in [1.29, 1.82) is 0 Å². The van der Waals surface area contributed by atoms with E-state index < -0.39 is 6.10 Å². The topological polar surface area (TPSA) is 41.5 Å². The number of aliphatic hydroxyl groups excluding tert-OH is 1. The zero-order valence-electron chi connectivity index (χ0n) is 10.6. The van der Waals surface area contributed by atoms with Crippen LogP contribution in [-0.4, -0.2) is 31.0 Å². The molecule has 0 aromatic heterocycles. The van der Waals surface area contributed by atoms with Crippen LogP contribution in [0.5, 0.6) is 0 Å². The van der Waals surface area contributed by atoms with Crippen LogP contribution in [0.15, 0.2) is 22.7 Å². The molecule has 0 saturated heterocycles. The summed E-state index contributed by atoms with van der Waals surface area (Å²) in [6, 6.07) is 5.48. The molecule has 1 aromatic rings. The zero-order chi connectivity index (χ0) is 13.5. The van der Waals surface area contributed by atoms with Crippen molar-refractivity contribution in [3.8, 4) is 0 Å². The molecule has 0 bridgehead atoms. The molecule has 3 nitrogen and oxygen atoms in total. The zero-order valence-corrected chi connectivity index (χ0v) is 13.0. The van der Waals surface area contributed by atoms with Gasteiger partial charge >= 0.3 is 0 Å². The molecule has 0 heterocycles. The maximum atomic E-state index is 9.75. The third-order valence-electron chi connectivity index (χ3n) is 2.22. The highest BCUT2D eigenvalue weighted by Gasteiger charge is 2.07. The number of anilines is 1. The second-order valence-corrected chi connectivity index (χ2v) is 5.88. The highest BCUT2D eigenvalue weighted by molar-refractivity contribution is 9.10. The third-order valence-corrected chi connectivity index (χ3v) is 3.14. The fourth-order valence-corrected chi connectivity index (χ4v) is 1.92. The number of nitrogens with one attached hydrogen (secondary N) is 1. The summed E-state index contributed by atoms with van der Waals surface area (Å²) in [7, 11) is 0. The van der Waals surface area contributed by atoms with Crippen LogP contribution in [0, 0.1) is 5.92 Å². The van der Waals surface area contributed by atoms with Crippen LogP contribution >= 0.6 is 27.5 Å². The lowest BCUT2D eigenvalue weighted by Gasteiger charge is -2.15. The van der Waals surface area contributed by atoms with Gasteiger partial charge in [-0.1, -0.05) is 25.4 Å². The molecule has 102 valence electrons. The minimum Gasteiger partial charge on any atom is -0.389 e. The summed E-state index contributed by atoms with van der Waals surface area (Å²) in [5, 5.41) is 13.5. The average molecular weight is 337 g/mol. The van der Waals surface area contributed by atoms with Crippen molar-refractivity contribution in [3.63, 3.8) is 0 Å². The summed E-state index contributed by atoms with van der Waals surface area (Å²) in [5.41, 5.74) is 0.866. The van der Waals surface area contributed by atoms with E-state index in [1.807, 2.05) is 12.1 Å². The van der Waals surface area contributed by atoms with Crippen molar-refractivity contribution in [2.75, 3.05) is 25.1 Å². The van der Waals surface area contributed by atoms with Gasteiger partial charge in [0, 0.05) is 28.3 Å². The van der Waals surface area contributed by atoms with Gasteiger partial charge in [0.1, 0.15) is 0 Å². The van der Waals surface area contributed by atoms with Crippen molar-refractivity contribution in [1.82, 2.24) is 0 Å². The van der Waals surface area contributed by atoms with E-state index in [4.69, 9.17) is 16.3 Å². The number of ether oxygens (including phenoxy) is 1. The number of hydrogen-bond donors (Lipinski definition) is 2. The fraction of sp³-hybridized carbons (Fsp3) is 0.538. The Kier molecular flexibility index (Phi) is 7.00. The van der Waals surface area contributed by atoms with Crippen LogP contribution in [0.4, 0.5) is 5.69 Å². The lowest BCUT2D eigenvalue weighted by molar-refractivity contribution is 0.0318. The molecular weight excluding hydrogens is 318 g/mol. The van der Waals surface area contributed by atoms with E-state index in [1.165, 1.54) is 0 Å². The van der Waals surface area contributed by atoms with Gasteiger partial charge in [-0.2, -0.15) is 0 Å². The first-order valence-corrected chi connectivity index (χ1v) is 7.11. The average Bonchev–Trinajstić information content (AvgIpc) is 2.30. The van der Waals surface area contributed by atoms with E-state index in [9.17, 15) is 5.11 Å². The molecule has 18 heavy (non-hydrogen) atoms. The van der Waals surface area contributed by atoms with Crippen LogP contribution in [0.3, 0.4) is 0 Å². The van der Waals surface area contributed by atoms with Gasteiger partial charge in [-0.3, -0.25) is 0 Å². The number of benzene rings is 1. The van der Waals surface area contributed by atoms with E-state index in [0.717, 1.165) is 10.2 Å². The highest BCUT2D eigenvalue weighted by Crippen LogP contribution is 2.25. The molecular formula is C13H19BrClNO2. The number of hydrogen-bond acceptors (Lipinski definition) is 3. The quantitative estimate of drug-likeness (QED) is 0.800. The minimum absolute atomic E-state index is 0.337. The number of halogens is 2. The molecule has 0 amide bonds. The van der Waals surface area contributed by atoms with E-state index in [2.05, 4.69) is 35.1 Å². The van der Waals surface area contributed by atoms with Crippen LogP contribution < -0.4 is 5.32 Å². The maximum absolute atomic E-state index is 9.75. The van der Waals surface area contributed by atoms with Crippen molar-refractivity contribution < 1.29 is 9.84 Å². The molecule has 0 aliphatic rings. The maximum Gasteiger partial charge on any atom is 0.0945 e. The van der Waals surface area contributed by atoms with Gasteiger partial charge in [-0.25, -0.2) is 0 Å². The second-order valence-electron chi connectivity index (χ2n) is 4.59. The summed E-state index contributed by atoms with van der Waals surface area (Å²) in [6.45, 7) is 5.58. The molecule has 1 atom stereocenters. The lowest BCUT2D eigenvalue weighted by Crippen LogP contribution is -2.25. The molecule has 2 N–H and O–H groups in total. The van der Waals surface area contributed by atoms with Crippen molar-refractivity contribution in [3.05, 3.63) is 27.7 Å². The summed E-state index contributed by atoms with van der Waals surface area (Å²) < 4.78 is 6.29. The van der Waals surface area contributed by atoms with Crippen LogP contribution in [0.25, 0.3) is 0 Å².